The Bertz CT molecular complexity index is 378. The second kappa shape index (κ2) is 8.77. The number of anilines is 1. The zero-order valence-corrected chi connectivity index (χ0v) is 12.5. The molecule has 0 aliphatic carbocycles. The van der Waals surface area contributed by atoms with Crippen molar-refractivity contribution >= 4 is 24.0 Å². The van der Waals surface area contributed by atoms with Gasteiger partial charge in [-0.1, -0.05) is 13.8 Å². The van der Waals surface area contributed by atoms with Crippen LogP contribution in [0.4, 0.5) is 5.69 Å². The smallest absolute Gasteiger partial charge is 0.240 e. The van der Waals surface area contributed by atoms with E-state index in [9.17, 15) is 4.79 Å². The highest BCUT2D eigenvalue weighted by Gasteiger charge is 2.07. The molecule has 1 unspecified atom stereocenters. The summed E-state index contributed by atoms with van der Waals surface area (Å²) in [5, 5.41) is 2.72. The zero-order valence-electron chi connectivity index (χ0n) is 11.7. The molecule has 0 aliphatic rings. The highest BCUT2D eigenvalue weighted by atomic mass is 35.5. The molecule has 1 aromatic rings. The van der Waals surface area contributed by atoms with E-state index in [-0.39, 0.29) is 18.3 Å². The van der Waals surface area contributed by atoms with Crippen LogP contribution in [0.3, 0.4) is 0 Å². The van der Waals surface area contributed by atoms with Crippen molar-refractivity contribution in [3.05, 3.63) is 24.3 Å². The molecule has 0 fully saturated rings. The van der Waals surface area contributed by atoms with Crippen LogP contribution in [0.1, 0.15) is 27.2 Å². The molecule has 0 radical (unpaired) electrons. The first-order chi connectivity index (χ1) is 8.49. The van der Waals surface area contributed by atoms with Crippen LogP contribution in [0.15, 0.2) is 24.3 Å². The summed E-state index contributed by atoms with van der Waals surface area (Å²) in [6.45, 7) is 6.69. The molecular formula is C14H23ClN2O2. The predicted molar refractivity (Wildman–Crippen MR) is 80.9 cm³/mol. The maximum Gasteiger partial charge on any atom is 0.240 e. The van der Waals surface area contributed by atoms with E-state index in [2.05, 4.69) is 19.2 Å². The molecule has 1 rings (SSSR count). The predicted octanol–water partition coefficient (Wildman–Crippen LogP) is 2.82. The molecular weight excluding hydrogens is 264 g/mol. The molecule has 0 aliphatic heterocycles. The van der Waals surface area contributed by atoms with Crippen molar-refractivity contribution in [1.29, 1.82) is 0 Å². The molecule has 0 saturated carbocycles. The van der Waals surface area contributed by atoms with E-state index in [0.717, 1.165) is 17.9 Å². The first-order valence-corrected chi connectivity index (χ1v) is 6.28. The average Bonchev–Trinajstić information content (AvgIpc) is 2.30. The third-order valence-corrected chi connectivity index (χ3v) is 2.50. The first-order valence-electron chi connectivity index (χ1n) is 6.28. The monoisotopic (exact) mass is 286 g/mol. The number of carbonyl (C=O) groups excluding carboxylic acids is 1. The van der Waals surface area contributed by atoms with Crippen molar-refractivity contribution in [2.45, 2.75) is 33.2 Å². The summed E-state index contributed by atoms with van der Waals surface area (Å²) in [4.78, 5) is 11.4. The van der Waals surface area contributed by atoms with Crippen molar-refractivity contribution < 1.29 is 9.53 Å². The van der Waals surface area contributed by atoms with Gasteiger partial charge in [0, 0.05) is 5.69 Å². The molecule has 4 nitrogen and oxygen atoms in total. The third kappa shape index (κ3) is 7.03. The fourth-order valence-corrected chi connectivity index (χ4v) is 1.30. The minimum Gasteiger partial charge on any atom is -0.494 e. The largest absolute Gasteiger partial charge is 0.494 e. The van der Waals surface area contributed by atoms with Gasteiger partial charge in [-0.15, -0.1) is 12.4 Å². The Morgan fingerprint density at radius 2 is 1.84 bits per heavy atom. The Kier molecular flexibility index (Phi) is 8.19. The molecule has 0 heterocycles. The zero-order chi connectivity index (χ0) is 13.5. The molecule has 0 bridgehead atoms. The summed E-state index contributed by atoms with van der Waals surface area (Å²) < 4.78 is 5.59. The third-order valence-electron chi connectivity index (χ3n) is 2.50. The Morgan fingerprint density at radius 1 is 1.26 bits per heavy atom. The number of hydrogen-bond acceptors (Lipinski definition) is 3. The summed E-state index contributed by atoms with van der Waals surface area (Å²) >= 11 is 0. The van der Waals surface area contributed by atoms with Gasteiger partial charge in [-0.2, -0.15) is 0 Å². The van der Waals surface area contributed by atoms with E-state index >= 15 is 0 Å². The number of rotatable bonds is 6. The number of carbonyl (C=O) groups is 1. The Morgan fingerprint density at radius 3 is 2.32 bits per heavy atom. The van der Waals surface area contributed by atoms with Gasteiger partial charge in [-0.05, 0) is 43.5 Å². The Labute approximate surface area is 121 Å². The van der Waals surface area contributed by atoms with E-state index in [4.69, 9.17) is 10.5 Å². The quantitative estimate of drug-likeness (QED) is 0.845. The number of benzene rings is 1. The summed E-state index contributed by atoms with van der Waals surface area (Å²) in [6.07, 6.45) is 1.03. The lowest BCUT2D eigenvalue weighted by Gasteiger charge is -2.10. The van der Waals surface area contributed by atoms with Gasteiger partial charge < -0.3 is 15.8 Å². The lowest BCUT2D eigenvalue weighted by molar-refractivity contribution is -0.117. The summed E-state index contributed by atoms with van der Waals surface area (Å²) in [7, 11) is 0. The molecule has 1 amide bonds. The van der Waals surface area contributed by atoms with Crippen LogP contribution in [0.25, 0.3) is 0 Å². The van der Waals surface area contributed by atoms with Gasteiger partial charge in [-0.25, -0.2) is 0 Å². The SMILES string of the molecule is CC(C)CCOc1ccc(NC(=O)C(C)N)cc1.Cl. The molecule has 19 heavy (non-hydrogen) atoms. The maximum absolute atomic E-state index is 11.4. The van der Waals surface area contributed by atoms with Crippen molar-refractivity contribution in [2.24, 2.45) is 11.7 Å². The van der Waals surface area contributed by atoms with Crippen molar-refractivity contribution in [1.82, 2.24) is 0 Å². The molecule has 0 spiro atoms. The number of ether oxygens (including phenoxy) is 1. The second-order valence-electron chi connectivity index (χ2n) is 4.83. The van der Waals surface area contributed by atoms with E-state index in [0.29, 0.717) is 12.5 Å². The van der Waals surface area contributed by atoms with Crippen LogP contribution in [0.2, 0.25) is 0 Å². The van der Waals surface area contributed by atoms with E-state index in [1.807, 2.05) is 24.3 Å². The lowest BCUT2D eigenvalue weighted by Crippen LogP contribution is -2.32. The van der Waals surface area contributed by atoms with Gasteiger partial charge in [0.25, 0.3) is 0 Å². The average molecular weight is 287 g/mol. The van der Waals surface area contributed by atoms with Crippen LogP contribution >= 0.6 is 12.4 Å². The van der Waals surface area contributed by atoms with Gasteiger partial charge in [0.1, 0.15) is 5.75 Å². The summed E-state index contributed by atoms with van der Waals surface area (Å²) in [5.41, 5.74) is 6.20. The normalized spacial score (nSPS) is 11.6. The fraction of sp³-hybridized carbons (Fsp3) is 0.500. The topological polar surface area (TPSA) is 64.3 Å². The molecule has 1 aromatic carbocycles. The van der Waals surface area contributed by atoms with Gasteiger partial charge in [0.15, 0.2) is 0 Å². The Hall–Kier alpha value is -1.26. The number of amides is 1. The molecule has 5 heteroatoms. The van der Waals surface area contributed by atoms with Crippen LogP contribution in [-0.2, 0) is 4.79 Å². The standard InChI is InChI=1S/C14H22N2O2.ClH/c1-10(2)8-9-18-13-6-4-12(5-7-13)16-14(17)11(3)15;/h4-7,10-11H,8-9,15H2,1-3H3,(H,16,17);1H. The van der Waals surface area contributed by atoms with Crippen molar-refractivity contribution in [3.8, 4) is 5.75 Å². The maximum atomic E-state index is 11.4. The fourth-order valence-electron chi connectivity index (χ4n) is 1.30. The summed E-state index contributed by atoms with van der Waals surface area (Å²) in [6, 6.07) is 6.80. The van der Waals surface area contributed by atoms with Gasteiger partial charge in [0.2, 0.25) is 5.91 Å². The number of nitrogens with two attached hydrogens (primary N) is 1. The molecule has 0 aromatic heterocycles. The lowest BCUT2D eigenvalue weighted by atomic mass is 10.1. The number of halogens is 1. The highest BCUT2D eigenvalue weighted by molar-refractivity contribution is 5.94. The van der Waals surface area contributed by atoms with E-state index in [1.54, 1.807) is 6.92 Å². The molecule has 0 saturated heterocycles. The molecule has 1 atom stereocenters. The van der Waals surface area contributed by atoms with Gasteiger partial charge >= 0.3 is 0 Å². The molecule has 108 valence electrons. The minimum atomic E-state index is -0.507. The number of hydrogen-bond donors (Lipinski definition) is 2. The number of nitrogens with one attached hydrogen (secondary N) is 1. The van der Waals surface area contributed by atoms with Crippen LogP contribution in [-0.4, -0.2) is 18.6 Å². The summed E-state index contributed by atoms with van der Waals surface area (Å²) in [5.74, 6) is 1.26. The second-order valence-corrected chi connectivity index (χ2v) is 4.83. The van der Waals surface area contributed by atoms with Crippen LogP contribution in [0.5, 0.6) is 5.75 Å². The van der Waals surface area contributed by atoms with Crippen molar-refractivity contribution in [2.75, 3.05) is 11.9 Å². The van der Waals surface area contributed by atoms with Crippen LogP contribution in [0, 0.1) is 5.92 Å². The van der Waals surface area contributed by atoms with E-state index < -0.39 is 6.04 Å². The first kappa shape index (κ1) is 17.7. The minimum absolute atomic E-state index is 0. The van der Waals surface area contributed by atoms with Gasteiger partial charge in [0.05, 0.1) is 12.6 Å². The molecule has 3 N–H and O–H groups in total. The Balaban J connectivity index is 0.00000324. The van der Waals surface area contributed by atoms with Crippen molar-refractivity contribution in [3.63, 3.8) is 0 Å². The van der Waals surface area contributed by atoms with E-state index in [1.165, 1.54) is 0 Å². The highest BCUT2D eigenvalue weighted by Crippen LogP contribution is 2.16. The van der Waals surface area contributed by atoms with Gasteiger partial charge in [-0.3, -0.25) is 4.79 Å². The van der Waals surface area contributed by atoms with Crippen LogP contribution < -0.4 is 15.8 Å².